The first-order valence-corrected chi connectivity index (χ1v) is 6.32. The van der Waals surface area contributed by atoms with Crippen molar-refractivity contribution in [2.75, 3.05) is 13.2 Å². The van der Waals surface area contributed by atoms with Crippen molar-refractivity contribution in [2.24, 2.45) is 5.73 Å². The Morgan fingerprint density at radius 3 is 2.11 bits per heavy atom. The van der Waals surface area contributed by atoms with Crippen LogP contribution in [0, 0.1) is 0 Å². The van der Waals surface area contributed by atoms with Crippen molar-refractivity contribution in [2.45, 2.75) is 27.2 Å². The average Bonchev–Trinajstić information content (AvgIpc) is 2.24. The van der Waals surface area contributed by atoms with Gasteiger partial charge < -0.3 is 26.0 Å². The number of rotatable bonds is 5. The SMILES string of the molecule is CCCNC(=S)OCC(C(C)=O)=C(C)O.NC(O)=S. The minimum Gasteiger partial charge on any atom is -0.512 e. The maximum atomic E-state index is 11.1. The summed E-state index contributed by atoms with van der Waals surface area (Å²) >= 11 is 8.73. The molecule has 0 saturated carbocycles. The van der Waals surface area contributed by atoms with Crippen molar-refractivity contribution < 1.29 is 19.7 Å². The molecule has 5 N–H and O–H groups in total. The normalized spacial score (nSPS) is 10.5. The zero-order valence-electron chi connectivity index (χ0n) is 11.2. The molecule has 0 aromatic carbocycles. The van der Waals surface area contributed by atoms with Gasteiger partial charge in [-0.2, -0.15) is 0 Å². The van der Waals surface area contributed by atoms with Crippen LogP contribution >= 0.6 is 24.4 Å². The molecule has 8 heteroatoms. The van der Waals surface area contributed by atoms with Crippen LogP contribution < -0.4 is 11.1 Å². The van der Waals surface area contributed by atoms with Crippen LogP contribution in [0.5, 0.6) is 0 Å². The molecule has 0 radical (unpaired) electrons. The van der Waals surface area contributed by atoms with E-state index in [1.165, 1.54) is 13.8 Å². The highest BCUT2D eigenvalue weighted by molar-refractivity contribution is 7.80. The molecule has 0 atom stereocenters. The monoisotopic (exact) mass is 308 g/mol. The molecular weight excluding hydrogens is 288 g/mol. The fourth-order valence-electron chi connectivity index (χ4n) is 0.877. The third kappa shape index (κ3) is 14.5. The first-order valence-electron chi connectivity index (χ1n) is 5.51. The fourth-order valence-corrected chi connectivity index (χ4v) is 1.04. The molecule has 0 rings (SSSR count). The predicted molar refractivity (Wildman–Crippen MR) is 82.3 cm³/mol. The van der Waals surface area contributed by atoms with Gasteiger partial charge in [-0.05, 0) is 44.7 Å². The Bertz CT molecular complexity index is 349. The Kier molecular flexibility index (Phi) is 12.2. The first kappa shape index (κ1) is 19.9. The van der Waals surface area contributed by atoms with Crippen LogP contribution in [0.25, 0.3) is 0 Å². The number of aliphatic hydroxyl groups is 2. The predicted octanol–water partition coefficient (Wildman–Crippen LogP) is 1.50. The number of Topliss-reactive ketones (excluding diaryl/α,β-unsaturated/α-hetero) is 1. The molecule has 0 fully saturated rings. The van der Waals surface area contributed by atoms with Gasteiger partial charge in [-0.3, -0.25) is 4.79 Å². The highest BCUT2D eigenvalue weighted by Gasteiger charge is 2.09. The van der Waals surface area contributed by atoms with Crippen molar-refractivity contribution in [1.29, 1.82) is 0 Å². The lowest BCUT2D eigenvalue weighted by molar-refractivity contribution is -0.114. The van der Waals surface area contributed by atoms with Crippen LogP contribution in [-0.4, -0.2) is 39.5 Å². The fraction of sp³-hybridized carbons (Fsp3) is 0.545. The molecule has 0 unspecified atom stereocenters. The van der Waals surface area contributed by atoms with E-state index < -0.39 is 5.17 Å². The second-order valence-electron chi connectivity index (χ2n) is 3.46. The van der Waals surface area contributed by atoms with E-state index in [-0.39, 0.29) is 28.9 Å². The van der Waals surface area contributed by atoms with E-state index in [1.807, 2.05) is 6.92 Å². The molecule has 0 spiro atoms. The number of allylic oxidation sites excluding steroid dienone is 1. The van der Waals surface area contributed by atoms with E-state index in [0.717, 1.165) is 13.0 Å². The van der Waals surface area contributed by atoms with Gasteiger partial charge in [0.15, 0.2) is 5.78 Å². The maximum absolute atomic E-state index is 11.1. The molecule has 19 heavy (non-hydrogen) atoms. The number of carbonyl (C=O) groups is 1. The van der Waals surface area contributed by atoms with E-state index in [1.54, 1.807) is 0 Å². The van der Waals surface area contributed by atoms with Gasteiger partial charge in [0.1, 0.15) is 6.61 Å². The lowest BCUT2D eigenvalue weighted by Crippen LogP contribution is -2.26. The smallest absolute Gasteiger partial charge is 0.256 e. The standard InChI is InChI=1S/C10H17NO3S.CH3NOS/c1-4-5-11-10(15)14-6-9(7(2)12)8(3)13;2-1(3)4/h12H,4-6H2,1-3H3,(H,11,15);(H3,2,3,4). The molecule has 0 saturated heterocycles. The highest BCUT2D eigenvalue weighted by Crippen LogP contribution is 2.03. The minimum atomic E-state index is -0.500. The molecule has 0 aromatic heterocycles. The lowest BCUT2D eigenvalue weighted by atomic mass is 10.2. The largest absolute Gasteiger partial charge is 0.512 e. The zero-order chi connectivity index (χ0) is 15.4. The third-order valence-electron chi connectivity index (χ3n) is 1.73. The van der Waals surface area contributed by atoms with E-state index >= 15 is 0 Å². The van der Waals surface area contributed by atoms with E-state index in [0.29, 0.717) is 0 Å². The summed E-state index contributed by atoms with van der Waals surface area (Å²) in [7, 11) is 0. The average molecular weight is 308 g/mol. The second kappa shape index (κ2) is 11.7. The van der Waals surface area contributed by atoms with E-state index in [9.17, 15) is 9.90 Å². The third-order valence-corrected chi connectivity index (χ3v) is 1.99. The Balaban J connectivity index is 0. The number of nitrogens with two attached hydrogens (primary N) is 1. The van der Waals surface area contributed by atoms with E-state index in [4.69, 9.17) is 22.1 Å². The van der Waals surface area contributed by atoms with Gasteiger partial charge in [0.2, 0.25) is 0 Å². The van der Waals surface area contributed by atoms with Crippen molar-refractivity contribution in [3.8, 4) is 0 Å². The number of hydrogen-bond donors (Lipinski definition) is 4. The van der Waals surface area contributed by atoms with Crippen LogP contribution in [0.2, 0.25) is 0 Å². The molecule has 0 aliphatic heterocycles. The van der Waals surface area contributed by atoms with Crippen molar-refractivity contribution >= 4 is 40.6 Å². The summed E-state index contributed by atoms with van der Waals surface area (Å²) in [4.78, 5) is 11.1. The number of ether oxygens (including phenoxy) is 1. The van der Waals surface area contributed by atoms with Gasteiger partial charge in [0.05, 0.1) is 11.3 Å². The van der Waals surface area contributed by atoms with Gasteiger partial charge in [-0.1, -0.05) is 6.92 Å². The zero-order valence-corrected chi connectivity index (χ0v) is 12.9. The van der Waals surface area contributed by atoms with Gasteiger partial charge in [-0.15, -0.1) is 0 Å². The summed E-state index contributed by atoms with van der Waals surface area (Å²) in [5.41, 5.74) is 4.64. The summed E-state index contributed by atoms with van der Waals surface area (Å²) in [6.07, 6.45) is 0.942. The summed E-state index contributed by atoms with van der Waals surface area (Å²) in [5.74, 6) is -0.242. The summed E-state index contributed by atoms with van der Waals surface area (Å²) in [6, 6.07) is 0. The molecule has 110 valence electrons. The number of nitrogens with one attached hydrogen (secondary N) is 1. The molecule has 0 amide bonds. The van der Waals surface area contributed by atoms with Crippen LogP contribution in [0.4, 0.5) is 0 Å². The van der Waals surface area contributed by atoms with E-state index in [2.05, 4.69) is 23.3 Å². The quantitative estimate of drug-likeness (QED) is 0.344. The molecule has 0 aliphatic carbocycles. The number of thiocarbonyl (C=S) groups is 2. The first-order chi connectivity index (χ1) is 8.72. The number of aliphatic hydroxyl groups excluding tert-OH is 2. The Hall–Kier alpha value is -1.41. The molecule has 0 aliphatic rings. The Labute approximate surface area is 123 Å². The second-order valence-corrected chi connectivity index (χ2v) is 4.25. The maximum Gasteiger partial charge on any atom is 0.256 e. The number of ketones is 1. The van der Waals surface area contributed by atoms with Gasteiger partial charge in [0, 0.05) is 6.54 Å². The molecule has 0 aromatic rings. The van der Waals surface area contributed by atoms with Crippen LogP contribution in [0.15, 0.2) is 11.3 Å². The number of hydrogen-bond acceptors (Lipinski definition) is 5. The summed E-state index contributed by atoms with van der Waals surface area (Å²) < 4.78 is 5.11. The Morgan fingerprint density at radius 1 is 1.32 bits per heavy atom. The molecule has 0 bridgehead atoms. The van der Waals surface area contributed by atoms with Crippen molar-refractivity contribution in [1.82, 2.24) is 5.32 Å². The molecule has 6 nitrogen and oxygen atoms in total. The van der Waals surface area contributed by atoms with Crippen LogP contribution in [-0.2, 0) is 9.53 Å². The summed E-state index contributed by atoms with van der Waals surface area (Å²) in [6.45, 7) is 5.57. The molecular formula is C11H20N2O4S2. The topological polar surface area (TPSA) is 105 Å². The van der Waals surface area contributed by atoms with Gasteiger partial charge in [0.25, 0.3) is 10.3 Å². The van der Waals surface area contributed by atoms with Crippen LogP contribution in [0.3, 0.4) is 0 Å². The van der Waals surface area contributed by atoms with Gasteiger partial charge >= 0.3 is 0 Å². The van der Waals surface area contributed by atoms with Crippen molar-refractivity contribution in [3.63, 3.8) is 0 Å². The Morgan fingerprint density at radius 2 is 1.79 bits per heavy atom. The minimum absolute atomic E-state index is 0.00716. The lowest BCUT2D eigenvalue weighted by Gasteiger charge is -2.10. The van der Waals surface area contributed by atoms with Crippen molar-refractivity contribution in [3.05, 3.63) is 11.3 Å². The van der Waals surface area contributed by atoms with Gasteiger partial charge in [-0.25, -0.2) is 0 Å². The number of carbonyl (C=O) groups excluding carboxylic acids is 1. The summed E-state index contributed by atoms with van der Waals surface area (Å²) in [5, 5.41) is 19.4. The van der Waals surface area contributed by atoms with Crippen LogP contribution in [0.1, 0.15) is 27.2 Å². The molecule has 0 heterocycles. The highest BCUT2D eigenvalue weighted by atomic mass is 32.1.